The average Bonchev–Trinajstić information content (AvgIpc) is 3.05. The van der Waals surface area contributed by atoms with E-state index in [0.29, 0.717) is 32.0 Å². The number of aryl methyl sites for hydroxylation is 2. The average molecular weight is 388 g/mol. The smallest absolute Gasteiger partial charge is 0.242 e. The normalized spacial score (nSPS) is 15.9. The molecule has 0 unspecified atom stereocenters. The molecule has 2 amide bonds. The summed E-state index contributed by atoms with van der Waals surface area (Å²) in [4.78, 5) is 37.3. The summed E-state index contributed by atoms with van der Waals surface area (Å²) in [6.45, 7) is 8.03. The summed E-state index contributed by atoms with van der Waals surface area (Å²) in [6.07, 6.45) is 1.77. The molecule has 28 heavy (non-hydrogen) atoms. The van der Waals surface area contributed by atoms with Gasteiger partial charge in [-0.1, -0.05) is 13.8 Å². The molecule has 152 valence electrons. The highest BCUT2D eigenvalue weighted by Gasteiger charge is 2.25. The zero-order valence-corrected chi connectivity index (χ0v) is 16.8. The van der Waals surface area contributed by atoms with Crippen LogP contribution in [0.3, 0.4) is 0 Å². The number of hydrogen-bond donors (Lipinski definition) is 2. The Kier molecular flexibility index (Phi) is 5.78. The highest BCUT2D eigenvalue weighted by atomic mass is 16.2. The van der Waals surface area contributed by atoms with Crippen LogP contribution in [0.5, 0.6) is 0 Å². The summed E-state index contributed by atoms with van der Waals surface area (Å²) in [5.74, 6) is 1.17. The van der Waals surface area contributed by atoms with E-state index in [9.17, 15) is 9.59 Å². The molecule has 10 nitrogen and oxygen atoms in total. The fraction of sp³-hybridized carbons (Fsp3) is 0.611. The number of aromatic nitrogens is 4. The molecule has 0 saturated carbocycles. The molecule has 0 aromatic carbocycles. The quantitative estimate of drug-likeness (QED) is 0.702. The topological polar surface area (TPSA) is 122 Å². The van der Waals surface area contributed by atoms with Crippen LogP contribution in [0.25, 0.3) is 11.0 Å². The van der Waals surface area contributed by atoms with Crippen LogP contribution in [0, 0.1) is 12.8 Å². The number of carbonyl (C=O) groups is 2. The SMILES string of the molecule is Cc1nc(N2CCN(C(=O)CNC(=O)[C@@H](N)C(C)C)CC2)c2cnn(C)c2n1. The molecule has 2 aromatic rings. The molecule has 1 saturated heterocycles. The first-order chi connectivity index (χ1) is 13.3. The first-order valence-electron chi connectivity index (χ1n) is 9.50. The van der Waals surface area contributed by atoms with Gasteiger partial charge in [0.2, 0.25) is 11.8 Å². The number of hydrogen-bond acceptors (Lipinski definition) is 7. The molecule has 3 heterocycles. The molecule has 0 spiro atoms. The highest BCUT2D eigenvalue weighted by Crippen LogP contribution is 2.24. The molecular weight excluding hydrogens is 360 g/mol. The number of anilines is 1. The predicted octanol–water partition coefficient (Wildman–Crippen LogP) is -0.580. The lowest BCUT2D eigenvalue weighted by molar-refractivity contribution is -0.133. The molecule has 3 rings (SSSR count). The summed E-state index contributed by atoms with van der Waals surface area (Å²) in [7, 11) is 1.86. The van der Waals surface area contributed by atoms with E-state index in [1.807, 2.05) is 27.8 Å². The van der Waals surface area contributed by atoms with Gasteiger partial charge in [-0.25, -0.2) is 9.97 Å². The number of nitrogens with one attached hydrogen (secondary N) is 1. The van der Waals surface area contributed by atoms with Crippen molar-refractivity contribution in [2.24, 2.45) is 18.7 Å². The Hall–Kier alpha value is -2.75. The van der Waals surface area contributed by atoms with Crippen molar-refractivity contribution in [2.75, 3.05) is 37.6 Å². The second-order valence-corrected chi connectivity index (χ2v) is 7.46. The molecule has 0 radical (unpaired) electrons. The van der Waals surface area contributed by atoms with E-state index in [4.69, 9.17) is 5.73 Å². The highest BCUT2D eigenvalue weighted by molar-refractivity contribution is 5.88. The summed E-state index contributed by atoms with van der Waals surface area (Å²) in [6, 6.07) is -0.604. The van der Waals surface area contributed by atoms with E-state index >= 15 is 0 Å². The Bertz CT molecular complexity index is 870. The lowest BCUT2D eigenvalue weighted by atomic mass is 10.1. The van der Waals surface area contributed by atoms with Crippen LogP contribution in [0.4, 0.5) is 5.82 Å². The summed E-state index contributed by atoms with van der Waals surface area (Å²) in [5, 5.41) is 7.82. The fourth-order valence-electron chi connectivity index (χ4n) is 3.22. The molecule has 0 bridgehead atoms. The minimum atomic E-state index is -0.604. The third kappa shape index (κ3) is 4.06. The Morgan fingerprint density at radius 1 is 1.21 bits per heavy atom. The zero-order chi connectivity index (χ0) is 20.4. The molecule has 0 aliphatic carbocycles. The standard InChI is InChI=1S/C18H28N8O2/c1-11(2)15(19)18(28)20-10-14(27)25-5-7-26(8-6-25)17-13-9-21-24(4)16(13)22-12(3)23-17/h9,11,15H,5-8,10,19H2,1-4H3,(H,20,28)/t15-/m0/s1. The molecule has 2 aromatic heterocycles. The Morgan fingerprint density at radius 2 is 1.89 bits per heavy atom. The lowest BCUT2D eigenvalue weighted by Gasteiger charge is -2.35. The van der Waals surface area contributed by atoms with Gasteiger partial charge in [-0.3, -0.25) is 14.3 Å². The van der Waals surface area contributed by atoms with Crippen LogP contribution in [0.15, 0.2) is 6.20 Å². The number of carbonyl (C=O) groups excluding carboxylic acids is 2. The maximum Gasteiger partial charge on any atom is 0.242 e. The van der Waals surface area contributed by atoms with Crippen molar-refractivity contribution in [1.82, 2.24) is 30.0 Å². The van der Waals surface area contributed by atoms with Crippen molar-refractivity contribution < 1.29 is 9.59 Å². The Balaban J connectivity index is 1.59. The summed E-state index contributed by atoms with van der Waals surface area (Å²) in [5.41, 5.74) is 6.60. The molecule has 1 aliphatic rings. The third-order valence-electron chi connectivity index (χ3n) is 5.05. The minimum Gasteiger partial charge on any atom is -0.352 e. The molecule has 1 fully saturated rings. The van der Waals surface area contributed by atoms with Gasteiger partial charge in [0.1, 0.15) is 11.6 Å². The van der Waals surface area contributed by atoms with Gasteiger partial charge in [0.15, 0.2) is 5.65 Å². The van der Waals surface area contributed by atoms with Crippen molar-refractivity contribution in [3.63, 3.8) is 0 Å². The van der Waals surface area contributed by atoms with Crippen LogP contribution in [-0.4, -0.2) is 75.2 Å². The second-order valence-electron chi connectivity index (χ2n) is 7.46. The van der Waals surface area contributed by atoms with Gasteiger partial charge >= 0.3 is 0 Å². The summed E-state index contributed by atoms with van der Waals surface area (Å²) < 4.78 is 1.73. The van der Waals surface area contributed by atoms with Crippen molar-refractivity contribution in [3.8, 4) is 0 Å². The van der Waals surface area contributed by atoms with Gasteiger partial charge in [-0.05, 0) is 12.8 Å². The van der Waals surface area contributed by atoms with Gasteiger partial charge < -0.3 is 20.9 Å². The van der Waals surface area contributed by atoms with Crippen molar-refractivity contribution in [1.29, 1.82) is 0 Å². The van der Waals surface area contributed by atoms with Crippen molar-refractivity contribution in [2.45, 2.75) is 26.8 Å². The number of rotatable bonds is 5. The van der Waals surface area contributed by atoms with Gasteiger partial charge in [0.05, 0.1) is 24.2 Å². The third-order valence-corrected chi connectivity index (χ3v) is 5.05. The van der Waals surface area contributed by atoms with Crippen molar-refractivity contribution in [3.05, 3.63) is 12.0 Å². The number of nitrogens with two attached hydrogens (primary N) is 1. The van der Waals surface area contributed by atoms with Crippen LogP contribution in [0.1, 0.15) is 19.7 Å². The summed E-state index contributed by atoms with van der Waals surface area (Å²) >= 11 is 0. The molecule has 10 heteroatoms. The van der Waals surface area contributed by atoms with Crippen molar-refractivity contribution >= 4 is 28.7 Å². The first kappa shape index (κ1) is 20.0. The van der Waals surface area contributed by atoms with Crippen LogP contribution < -0.4 is 16.0 Å². The largest absolute Gasteiger partial charge is 0.352 e. The van der Waals surface area contributed by atoms with E-state index in [0.717, 1.165) is 16.9 Å². The Labute approximate surface area is 164 Å². The fourth-order valence-corrected chi connectivity index (χ4v) is 3.22. The molecular formula is C18H28N8O2. The van der Waals surface area contributed by atoms with E-state index in [1.54, 1.807) is 15.8 Å². The first-order valence-corrected chi connectivity index (χ1v) is 9.50. The number of nitrogens with zero attached hydrogens (tertiary/aromatic N) is 6. The minimum absolute atomic E-state index is 0.0271. The molecule has 1 atom stereocenters. The van der Waals surface area contributed by atoms with Gasteiger partial charge in [-0.2, -0.15) is 5.10 Å². The van der Waals surface area contributed by atoms with Gasteiger partial charge in [0, 0.05) is 33.2 Å². The number of amides is 2. The maximum absolute atomic E-state index is 12.4. The van der Waals surface area contributed by atoms with E-state index < -0.39 is 6.04 Å². The molecule has 1 aliphatic heterocycles. The van der Waals surface area contributed by atoms with Crippen LogP contribution in [0.2, 0.25) is 0 Å². The number of piperazine rings is 1. The van der Waals surface area contributed by atoms with Crippen LogP contribution >= 0.6 is 0 Å². The Morgan fingerprint density at radius 3 is 2.54 bits per heavy atom. The second kappa shape index (κ2) is 8.09. The number of fused-ring (bicyclic) bond motifs is 1. The van der Waals surface area contributed by atoms with Crippen LogP contribution in [-0.2, 0) is 16.6 Å². The van der Waals surface area contributed by atoms with Gasteiger partial charge in [-0.15, -0.1) is 0 Å². The van der Waals surface area contributed by atoms with E-state index in [2.05, 4.69) is 25.3 Å². The predicted molar refractivity (Wildman–Crippen MR) is 106 cm³/mol. The van der Waals surface area contributed by atoms with E-state index in [1.165, 1.54) is 0 Å². The zero-order valence-electron chi connectivity index (χ0n) is 16.8. The van der Waals surface area contributed by atoms with Gasteiger partial charge in [0.25, 0.3) is 0 Å². The van der Waals surface area contributed by atoms with E-state index in [-0.39, 0.29) is 24.3 Å². The lowest BCUT2D eigenvalue weighted by Crippen LogP contribution is -2.53. The molecule has 3 N–H and O–H groups in total. The maximum atomic E-state index is 12.4. The monoisotopic (exact) mass is 388 g/mol.